The lowest BCUT2D eigenvalue weighted by atomic mass is 10.0. The lowest BCUT2D eigenvalue weighted by Crippen LogP contribution is -2.35. The van der Waals surface area contributed by atoms with Gasteiger partial charge in [-0.1, -0.05) is 37.1 Å². The molecule has 1 aliphatic heterocycles. The summed E-state index contributed by atoms with van der Waals surface area (Å²) in [6, 6.07) is 10.0. The zero-order valence-corrected chi connectivity index (χ0v) is 9.73. The minimum absolute atomic E-state index is 0.472. The lowest BCUT2D eigenvalue weighted by Gasteiger charge is -2.29. The molecule has 3 rings (SSSR count). The molecule has 86 valence electrons. The van der Waals surface area contributed by atoms with Gasteiger partial charge in [0.1, 0.15) is 0 Å². The smallest absolute Gasteiger partial charge is 0.0480 e. The second-order valence-electron chi connectivity index (χ2n) is 5.06. The molecule has 1 heterocycles. The molecule has 0 spiro atoms. The molecule has 0 bridgehead atoms. The maximum absolute atomic E-state index is 5.96. The third-order valence-corrected chi connectivity index (χ3v) is 4.18. The molecule has 1 unspecified atom stereocenters. The Kier molecular flexibility index (Phi) is 2.70. The molecule has 0 saturated heterocycles. The molecule has 0 amide bonds. The van der Waals surface area contributed by atoms with E-state index in [9.17, 15) is 0 Å². The van der Waals surface area contributed by atoms with Crippen LogP contribution in [0.3, 0.4) is 0 Å². The maximum atomic E-state index is 5.96. The monoisotopic (exact) mass is 216 g/mol. The van der Waals surface area contributed by atoms with Gasteiger partial charge in [0.15, 0.2) is 0 Å². The zero-order chi connectivity index (χ0) is 11.0. The predicted molar refractivity (Wildman–Crippen MR) is 66.0 cm³/mol. The lowest BCUT2D eigenvalue weighted by molar-refractivity contribution is 0.152. The van der Waals surface area contributed by atoms with Crippen LogP contribution in [0.25, 0.3) is 0 Å². The molecule has 1 atom stereocenters. The van der Waals surface area contributed by atoms with E-state index < -0.39 is 0 Å². The normalized spacial score (nSPS) is 26.2. The fraction of sp³-hybridized carbons (Fsp3) is 0.571. The largest absolute Gasteiger partial charge is 0.329 e. The Bertz CT molecular complexity index is 369. The van der Waals surface area contributed by atoms with Gasteiger partial charge in [-0.25, -0.2) is 0 Å². The number of hydrogen-bond acceptors (Lipinski definition) is 2. The average Bonchev–Trinajstić information content (AvgIpc) is 2.95. The highest BCUT2D eigenvalue weighted by atomic mass is 15.2. The topological polar surface area (TPSA) is 29.3 Å². The molecule has 16 heavy (non-hydrogen) atoms. The van der Waals surface area contributed by atoms with E-state index in [1.165, 1.54) is 36.8 Å². The van der Waals surface area contributed by atoms with Crippen LogP contribution in [0.4, 0.5) is 0 Å². The first-order valence-electron chi connectivity index (χ1n) is 6.44. The summed E-state index contributed by atoms with van der Waals surface area (Å²) in [7, 11) is 0. The summed E-state index contributed by atoms with van der Waals surface area (Å²) in [5.41, 5.74) is 8.92. The van der Waals surface area contributed by atoms with Gasteiger partial charge in [-0.2, -0.15) is 0 Å². The standard InChI is InChI=1S/C14H20N2/c15-9-14-13-8-4-1-5-11(13)10-16(14)12-6-2-3-7-12/h1,4-5,8,12,14H,2-3,6-7,9-10,15H2. The first kappa shape index (κ1) is 10.3. The third-order valence-electron chi connectivity index (χ3n) is 4.18. The second kappa shape index (κ2) is 4.19. The van der Waals surface area contributed by atoms with Crippen molar-refractivity contribution in [3.05, 3.63) is 35.4 Å². The van der Waals surface area contributed by atoms with Gasteiger partial charge in [0.05, 0.1) is 0 Å². The van der Waals surface area contributed by atoms with E-state index in [-0.39, 0.29) is 0 Å². The molecular weight excluding hydrogens is 196 g/mol. The molecule has 1 aromatic carbocycles. The predicted octanol–water partition coefficient (Wildman–Crippen LogP) is 2.44. The Morgan fingerprint density at radius 1 is 1.19 bits per heavy atom. The Morgan fingerprint density at radius 3 is 2.69 bits per heavy atom. The minimum atomic E-state index is 0.472. The molecule has 1 aliphatic carbocycles. The summed E-state index contributed by atoms with van der Waals surface area (Å²) in [5.74, 6) is 0. The fourth-order valence-electron chi connectivity index (χ4n) is 3.37. The van der Waals surface area contributed by atoms with E-state index in [2.05, 4.69) is 29.2 Å². The zero-order valence-electron chi connectivity index (χ0n) is 9.73. The molecule has 2 N–H and O–H groups in total. The van der Waals surface area contributed by atoms with Crippen molar-refractivity contribution in [3.8, 4) is 0 Å². The number of benzene rings is 1. The number of nitrogens with two attached hydrogens (primary N) is 1. The maximum Gasteiger partial charge on any atom is 0.0480 e. The summed E-state index contributed by atoms with van der Waals surface area (Å²) in [4.78, 5) is 2.64. The number of fused-ring (bicyclic) bond motifs is 1. The molecule has 1 aromatic rings. The molecule has 2 nitrogen and oxygen atoms in total. The van der Waals surface area contributed by atoms with Gasteiger partial charge in [-0.15, -0.1) is 0 Å². The Labute approximate surface area is 97.4 Å². The van der Waals surface area contributed by atoms with Crippen LogP contribution in [-0.2, 0) is 6.54 Å². The van der Waals surface area contributed by atoms with E-state index in [1.807, 2.05) is 0 Å². The summed E-state index contributed by atoms with van der Waals surface area (Å²) < 4.78 is 0. The van der Waals surface area contributed by atoms with Crippen LogP contribution in [0.15, 0.2) is 24.3 Å². The average molecular weight is 216 g/mol. The molecular formula is C14H20N2. The van der Waals surface area contributed by atoms with Gasteiger partial charge in [-0.3, -0.25) is 4.90 Å². The number of nitrogens with zero attached hydrogens (tertiary/aromatic N) is 1. The first-order valence-corrected chi connectivity index (χ1v) is 6.44. The summed E-state index contributed by atoms with van der Waals surface area (Å²) in [5, 5.41) is 0. The second-order valence-corrected chi connectivity index (χ2v) is 5.06. The van der Waals surface area contributed by atoms with Gasteiger partial charge in [0.2, 0.25) is 0 Å². The van der Waals surface area contributed by atoms with Crippen molar-refractivity contribution in [2.75, 3.05) is 6.54 Å². The van der Waals surface area contributed by atoms with Crippen LogP contribution in [0, 0.1) is 0 Å². The van der Waals surface area contributed by atoms with Crippen LogP contribution >= 0.6 is 0 Å². The molecule has 1 saturated carbocycles. The van der Waals surface area contributed by atoms with Gasteiger partial charge in [0.25, 0.3) is 0 Å². The van der Waals surface area contributed by atoms with Crippen molar-refractivity contribution >= 4 is 0 Å². The van der Waals surface area contributed by atoms with Crippen LogP contribution in [0.2, 0.25) is 0 Å². The molecule has 0 radical (unpaired) electrons. The van der Waals surface area contributed by atoms with Crippen LogP contribution in [-0.4, -0.2) is 17.5 Å². The van der Waals surface area contributed by atoms with Crippen LogP contribution < -0.4 is 5.73 Å². The molecule has 1 fully saturated rings. The van der Waals surface area contributed by atoms with Gasteiger partial charge in [0, 0.05) is 25.2 Å². The van der Waals surface area contributed by atoms with E-state index in [0.29, 0.717) is 6.04 Å². The van der Waals surface area contributed by atoms with Gasteiger partial charge in [-0.05, 0) is 24.0 Å². The van der Waals surface area contributed by atoms with E-state index >= 15 is 0 Å². The SMILES string of the molecule is NCC1c2ccccc2CN1C1CCCC1. The minimum Gasteiger partial charge on any atom is -0.329 e. The van der Waals surface area contributed by atoms with Gasteiger partial charge >= 0.3 is 0 Å². The van der Waals surface area contributed by atoms with E-state index in [0.717, 1.165) is 19.1 Å². The van der Waals surface area contributed by atoms with Crippen molar-refractivity contribution in [2.24, 2.45) is 5.73 Å². The van der Waals surface area contributed by atoms with Crippen LogP contribution in [0.1, 0.15) is 42.9 Å². The highest BCUT2D eigenvalue weighted by Gasteiger charge is 2.34. The Morgan fingerprint density at radius 2 is 1.94 bits per heavy atom. The summed E-state index contributed by atoms with van der Waals surface area (Å²) >= 11 is 0. The molecule has 0 aromatic heterocycles. The quantitative estimate of drug-likeness (QED) is 0.822. The summed E-state index contributed by atoms with van der Waals surface area (Å²) in [6.07, 6.45) is 5.53. The number of rotatable bonds is 2. The fourth-order valence-corrected chi connectivity index (χ4v) is 3.37. The van der Waals surface area contributed by atoms with Crippen molar-refractivity contribution in [2.45, 2.75) is 44.3 Å². The highest BCUT2D eigenvalue weighted by Crippen LogP contribution is 2.38. The van der Waals surface area contributed by atoms with Crippen molar-refractivity contribution in [1.82, 2.24) is 4.90 Å². The molecule has 2 aliphatic rings. The van der Waals surface area contributed by atoms with E-state index in [1.54, 1.807) is 0 Å². The van der Waals surface area contributed by atoms with Crippen LogP contribution in [0.5, 0.6) is 0 Å². The first-order chi connectivity index (χ1) is 7.90. The van der Waals surface area contributed by atoms with Crippen molar-refractivity contribution in [3.63, 3.8) is 0 Å². The number of hydrogen-bond donors (Lipinski definition) is 1. The Hall–Kier alpha value is -0.860. The molecule has 2 heteroatoms. The Balaban J connectivity index is 1.88. The van der Waals surface area contributed by atoms with E-state index in [4.69, 9.17) is 5.73 Å². The van der Waals surface area contributed by atoms with Crippen molar-refractivity contribution in [1.29, 1.82) is 0 Å². The van der Waals surface area contributed by atoms with Gasteiger partial charge < -0.3 is 5.73 Å². The third kappa shape index (κ3) is 1.57. The van der Waals surface area contributed by atoms with Crippen molar-refractivity contribution < 1.29 is 0 Å². The summed E-state index contributed by atoms with van der Waals surface area (Å²) in [6.45, 7) is 1.87. The highest BCUT2D eigenvalue weighted by molar-refractivity contribution is 5.34.